The number of alkyl halides is 1. The van der Waals surface area contributed by atoms with Gasteiger partial charge in [-0.3, -0.25) is 0 Å². The van der Waals surface area contributed by atoms with Gasteiger partial charge in [-0.05, 0) is 44.0 Å². The second kappa shape index (κ2) is 4.50. The molecule has 1 aliphatic heterocycles. The minimum Gasteiger partial charge on any atom is -0.311 e. The molecule has 1 aliphatic rings. The lowest BCUT2D eigenvalue weighted by Gasteiger charge is -2.27. The number of nitrogens with one attached hydrogen (secondary N) is 1. The summed E-state index contributed by atoms with van der Waals surface area (Å²) in [5.41, 5.74) is -0.580. The Morgan fingerprint density at radius 1 is 1.50 bits per heavy atom. The average molecular weight is 225 g/mol. The Morgan fingerprint density at radius 3 is 2.94 bits per heavy atom. The molecular formula is C13H17F2N. The molecule has 0 radical (unpaired) electrons. The third-order valence-electron chi connectivity index (χ3n) is 3.23. The van der Waals surface area contributed by atoms with Crippen LogP contribution in [-0.2, 0) is 6.42 Å². The van der Waals surface area contributed by atoms with Crippen LogP contribution in [0.1, 0.15) is 25.3 Å². The molecule has 1 nitrogen and oxygen atoms in total. The SMILES string of the molecule is CC(F)(Cc1cccc(F)c1)C1CCCN1. The zero-order valence-corrected chi connectivity index (χ0v) is 9.47. The maximum atomic E-state index is 14.4. The average Bonchev–Trinajstić information content (AvgIpc) is 2.69. The summed E-state index contributed by atoms with van der Waals surface area (Å²) in [4.78, 5) is 0. The fourth-order valence-corrected chi connectivity index (χ4v) is 2.37. The Hall–Kier alpha value is -0.960. The van der Waals surface area contributed by atoms with E-state index in [4.69, 9.17) is 0 Å². The van der Waals surface area contributed by atoms with E-state index in [1.807, 2.05) is 0 Å². The summed E-state index contributed by atoms with van der Waals surface area (Å²) in [7, 11) is 0. The molecule has 0 aliphatic carbocycles. The highest BCUT2D eigenvalue weighted by atomic mass is 19.1. The zero-order valence-electron chi connectivity index (χ0n) is 9.47. The minimum absolute atomic E-state index is 0.101. The molecule has 0 bridgehead atoms. The maximum absolute atomic E-state index is 14.4. The van der Waals surface area contributed by atoms with E-state index in [0.717, 1.165) is 24.9 Å². The summed E-state index contributed by atoms with van der Waals surface area (Å²) < 4.78 is 27.4. The quantitative estimate of drug-likeness (QED) is 0.834. The molecule has 1 saturated heterocycles. The summed E-state index contributed by atoms with van der Waals surface area (Å²) >= 11 is 0. The Kier molecular flexibility index (Phi) is 3.24. The lowest BCUT2D eigenvalue weighted by Crippen LogP contribution is -2.43. The second-order valence-corrected chi connectivity index (χ2v) is 4.73. The third-order valence-corrected chi connectivity index (χ3v) is 3.23. The Labute approximate surface area is 94.9 Å². The van der Waals surface area contributed by atoms with Crippen molar-refractivity contribution < 1.29 is 8.78 Å². The van der Waals surface area contributed by atoms with Gasteiger partial charge in [0.15, 0.2) is 0 Å². The van der Waals surface area contributed by atoms with Gasteiger partial charge in [0.25, 0.3) is 0 Å². The van der Waals surface area contributed by atoms with Crippen molar-refractivity contribution >= 4 is 0 Å². The van der Waals surface area contributed by atoms with E-state index in [2.05, 4.69) is 5.32 Å². The monoisotopic (exact) mass is 225 g/mol. The van der Waals surface area contributed by atoms with E-state index >= 15 is 0 Å². The molecule has 0 amide bonds. The van der Waals surface area contributed by atoms with E-state index in [9.17, 15) is 8.78 Å². The van der Waals surface area contributed by atoms with Crippen LogP contribution in [0.4, 0.5) is 8.78 Å². The summed E-state index contributed by atoms with van der Waals surface area (Å²) in [5.74, 6) is -0.298. The first-order valence-electron chi connectivity index (χ1n) is 5.75. The van der Waals surface area contributed by atoms with Gasteiger partial charge in [-0.25, -0.2) is 8.78 Å². The predicted molar refractivity (Wildman–Crippen MR) is 60.6 cm³/mol. The molecule has 1 N–H and O–H groups in total. The van der Waals surface area contributed by atoms with E-state index in [1.54, 1.807) is 19.1 Å². The standard InChI is InChI=1S/C13H17F2N/c1-13(15,12-6-3-7-16-12)9-10-4-2-5-11(14)8-10/h2,4-5,8,12,16H,3,6-7,9H2,1H3. The largest absolute Gasteiger partial charge is 0.311 e. The maximum Gasteiger partial charge on any atom is 0.127 e. The van der Waals surface area contributed by atoms with Crippen molar-refractivity contribution in [1.82, 2.24) is 5.32 Å². The highest BCUT2D eigenvalue weighted by Crippen LogP contribution is 2.27. The first-order valence-corrected chi connectivity index (χ1v) is 5.75. The van der Waals surface area contributed by atoms with Crippen molar-refractivity contribution in [3.8, 4) is 0 Å². The summed E-state index contributed by atoms with van der Waals surface area (Å²) in [6.07, 6.45) is 2.15. The Balaban J connectivity index is 2.07. The van der Waals surface area contributed by atoms with E-state index < -0.39 is 5.67 Å². The van der Waals surface area contributed by atoms with Crippen molar-refractivity contribution in [2.24, 2.45) is 0 Å². The molecule has 0 aromatic heterocycles. The molecule has 16 heavy (non-hydrogen) atoms. The highest BCUT2D eigenvalue weighted by molar-refractivity contribution is 5.19. The van der Waals surface area contributed by atoms with Crippen LogP contribution in [0.15, 0.2) is 24.3 Å². The van der Waals surface area contributed by atoms with Crippen LogP contribution in [0.25, 0.3) is 0 Å². The van der Waals surface area contributed by atoms with Crippen LogP contribution in [-0.4, -0.2) is 18.3 Å². The van der Waals surface area contributed by atoms with Crippen LogP contribution in [0.3, 0.4) is 0 Å². The molecular weight excluding hydrogens is 208 g/mol. The first-order chi connectivity index (χ1) is 7.58. The molecule has 0 saturated carbocycles. The van der Waals surface area contributed by atoms with E-state index in [0.29, 0.717) is 0 Å². The van der Waals surface area contributed by atoms with Gasteiger partial charge in [-0.15, -0.1) is 0 Å². The number of halogens is 2. The van der Waals surface area contributed by atoms with E-state index in [1.165, 1.54) is 12.1 Å². The van der Waals surface area contributed by atoms with Crippen LogP contribution in [0, 0.1) is 5.82 Å². The van der Waals surface area contributed by atoms with Gasteiger partial charge in [-0.1, -0.05) is 12.1 Å². The summed E-state index contributed by atoms with van der Waals surface area (Å²) in [6, 6.07) is 6.09. The van der Waals surface area contributed by atoms with Gasteiger partial charge in [0, 0.05) is 12.5 Å². The molecule has 1 aromatic rings. The van der Waals surface area contributed by atoms with Crippen molar-refractivity contribution in [2.75, 3.05) is 6.54 Å². The van der Waals surface area contributed by atoms with Gasteiger partial charge in [0.1, 0.15) is 11.5 Å². The highest BCUT2D eigenvalue weighted by Gasteiger charge is 2.35. The molecule has 2 rings (SSSR count). The summed E-state index contributed by atoms with van der Waals surface area (Å²) in [6.45, 7) is 2.48. The minimum atomic E-state index is -1.30. The third kappa shape index (κ3) is 2.59. The molecule has 0 spiro atoms. The lowest BCUT2D eigenvalue weighted by molar-refractivity contribution is 0.137. The molecule has 2 unspecified atom stereocenters. The molecule has 1 heterocycles. The van der Waals surface area contributed by atoms with Crippen molar-refractivity contribution in [2.45, 2.75) is 37.9 Å². The van der Waals surface area contributed by atoms with Gasteiger partial charge in [-0.2, -0.15) is 0 Å². The van der Waals surface area contributed by atoms with Crippen LogP contribution < -0.4 is 5.32 Å². The number of benzene rings is 1. The molecule has 1 fully saturated rings. The topological polar surface area (TPSA) is 12.0 Å². The van der Waals surface area contributed by atoms with Crippen LogP contribution >= 0.6 is 0 Å². The normalized spacial score (nSPS) is 24.3. The van der Waals surface area contributed by atoms with Crippen LogP contribution in [0.2, 0.25) is 0 Å². The van der Waals surface area contributed by atoms with Gasteiger partial charge in [0.2, 0.25) is 0 Å². The molecule has 88 valence electrons. The Morgan fingerprint density at radius 2 is 2.31 bits per heavy atom. The lowest BCUT2D eigenvalue weighted by atomic mass is 9.90. The van der Waals surface area contributed by atoms with Gasteiger partial charge >= 0.3 is 0 Å². The first kappa shape index (κ1) is 11.5. The smallest absolute Gasteiger partial charge is 0.127 e. The van der Waals surface area contributed by atoms with Crippen molar-refractivity contribution in [3.05, 3.63) is 35.6 Å². The van der Waals surface area contributed by atoms with Crippen LogP contribution in [0.5, 0.6) is 0 Å². The molecule has 3 heteroatoms. The predicted octanol–water partition coefficient (Wildman–Crippen LogP) is 2.85. The van der Waals surface area contributed by atoms with Gasteiger partial charge in [0.05, 0.1) is 0 Å². The number of hydrogen-bond acceptors (Lipinski definition) is 1. The second-order valence-electron chi connectivity index (χ2n) is 4.73. The number of hydrogen-bond donors (Lipinski definition) is 1. The summed E-state index contributed by atoms with van der Waals surface area (Å²) in [5, 5.41) is 3.16. The zero-order chi connectivity index (χ0) is 11.6. The van der Waals surface area contributed by atoms with Crippen molar-refractivity contribution in [1.29, 1.82) is 0 Å². The number of rotatable bonds is 3. The van der Waals surface area contributed by atoms with Gasteiger partial charge < -0.3 is 5.32 Å². The van der Waals surface area contributed by atoms with Crippen molar-refractivity contribution in [3.63, 3.8) is 0 Å². The fourth-order valence-electron chi connectivity index (χ4n) is 2.37. The molecule has 2 atom stereocenters. The molecule has 1 aromatic carbocycles. The fraction of sp³-hybridized carbons (Fsp3) is 0.538. The van der Waals surface area contributed by atoms with E-state index in [-0.39, 0.29) is 18.3 Å². The Bertz CT molecular complexity index is 357.